The minimum Gasteiger partial charge on any atom is -0.366 e. The third-order valence-electron chi connectivity index (χ3n) is 3.98. The molecule has 0 spiro atoms. The van der Waals surface area contributed by atoms with Gasteiger partial charge in [-0.05, 0) is 46.5 Å². The Morgan fingerprint density at radius 1 is 0.840 bits per heavy atom. The van der Waals surface area contributed by atoms with Crippen LogP contribution in [0.1, 0.15) is 31.8 Å². The van der Waals surface area contributed by atoms with E-state index >= 15 is 0 Å². The first kappa shape index (κ1) is 17.8. The summed E-state index contributed by atoms with van der Waals surface area (Å²) in [4.78, 5) is 23.9. The molecule has 0 fully saturated rings. The van der Waals surface area contributed by atoms with Gasteiger partial charge in [0, 0.05) is 11.1 Å². The zero-order chi connectivity index (χ0) is 18.0. The zero-order valence-electron chi connectivity index (χ0n) is 13.2. The van der Waals surface area contributed by atoms with Gasteiger partial charge in [0.25, 0.3) is 0 Å². The molecule has 0 saturated heterocycles. The van der Waals surface area contributed by atoms with Crippen molar-refractivity contribution in [2.24, 2.45) is 5.73 Å². The molecule has 126 valence electrons. The van der Waals surface area contributed by atoms with Gasteiger partial charge in [0.2, 0.25) is 5.91 Å². The second-order valence-electron chi connectivity index (χ2n) is 5.81. The molecule has 0 radical (unpaired) electrons. The van der Waals surface area contributed by atoms with E-state index in [2.05, 4.69) is 62.2 Å². The molecule has 0 aliphatic heterocycles. The molecule has 0 saturated carbocycles. The van der Waals surface area contributed by atoms with Crippen LogP contribution in [0.4, 0.5) is 0 Å². The summed E-state index contributed by atoms with van der Waals surface area (Å²) in [6.45, 7) is 0. The molecule has 3 aromatic rings. The molecule has 25 heavy (non-hydrogen) atoms. The maximum atomic E-state index is 12.3. The number of hydrogen-bond donors (Lipinski definition) is 1. The van der Waals surface area contributed by atoms with Crippen molar-refractivity contribution in [3.8, 4) is 0 Å². The fourth-order valence-corrected chi connectivity index (χ4v) is 3.32. The smallest absolute Gasteiger partial charge is 0.248 e. The molecule has 3 rings (SSSR count). The summed E-state index contributed by atoms with van der Waals surface area (Å²) in [5, 5.41) is 2.33. The van der Waals surface area contributed by atoms with Crippen LogP contribution in [0.5, 0.6) is 0 Å². The van der Waals surface area contributed by atoms with Gasteiger partial charge in [-0.2, -0.15) is 0 Å². The van der Waals surface area contributed by atoms with Crippen LogP contribution in [0.3, 0.4) is 0 Å². The SMILES string of the molecule is NC(=O)c1cc(Cc2ccc3ccccc3c2)cc(C(=O)C(Br)Br)c1. The molecule has 0 aliphatic rings. The number of carbonyl (C=O) groups is 2. The van der Waals surface area contributed by atoms with Crippen LogP contribution in [-0.2, 0) is 6.42 Å². The van der Waals surface area contributed by atoms with Gasteiger partial charge in [-0.1, -0.05) is 74.3 Å². The Morgan fingerprint density at radius 3 is 2.20 bits per heavy atom. The van der Waals surface area contributed by atoms with Crippen molar-refractivity contribution in [3.63, 3.8) is 0 Å². The molecular formula is C20H15Br2NO2. The quantitative estimate of drug-likeness (QED) is 0.438. The van der Waals surface area contributed by atoms with E-state index in [1.807, 2.05) is 12.1 Å². The second kappa shape index (κ2) is 7.50. The van der Waals surface area contributed by atoms with Crippen molar-refractivity contribution in [1.82, 2.24) is 0 Å². The Morgan fingerprint density at radius 2 is 1.52 bits per heavy atom. The van der Waals surface area contributed by atoms with Crippen molar-refractivity contribution in [2.45, 2.75) is 10.2 Å². The molecule has 0 bridgehead atoms. The number of hydrogen-bond acceptors (Lipinski definition) is 2. The Bertz CT molecular complexity index is 967. The molecular weight excluding hydrogens is 446 g/mol. The van der Waals surface area contributed by atoms with E-state index in [1.54, 1.807) is 12.1 Å². The summed E-state index contributed by atoms with van der Waals surface area (Å²) in [7, 11) is 0. The van der Waals surface area contributed by atoms with Gasteiger partial charge in [0.1, 0.15) is 3.74 Å². The van der Waals surface area contributed by atoms with Crippen molar-refractivity contribution < 1.29 is 9.59 Å². The summed E-state index contributed by atoms with van der Waals surface area (Å²) in [6, 6.07) is 19.5. The number of nitrogens with two attached hydrogens (primary N) is 1. The lowest BCUT2D eigenvalue weighted by Gasteiger charge is -2.09. The topological polar surface area (TPSA) is 60.2 Å². The lowest BCUT2D eigenvalue weighted by molar-refractivity contribution is 0.1000. The van der Waals surface area contributed by atoms with Gasteiger partial charge in [0.15, 0.2) is 5.78 Å². The van der Waals surface area contributed by atoms with E-state index in [0.29, 0.717) is 17.5 Å². The Kier molecular flexibility index (Phi) is 5.35. The van der Waals surface area contributed by atoms with Crippen LogP contribution in [0.25, 0.3) is 10.8 Å². The van der Waals surface area contributed by atoms with Crippen LogP contribution in [0.15, 0.2) is 60.7 Å². The number of primary amides is 1. The van der Waals surface area contributed by atoms with E-state index < -0.39 is 9.64 Å². The summed E-state index contributed by atoms with van der Waals surface area (Å²) < 4.78 is -0.503. The van der Waals surface area contributed by atoms with Gasteiger partial charge in [-0.25, -0.2) is 0 Å². The lowest BCUT2D eigenvalue weighted by atomic mass is 9.97. The minimum absolute atomic E-state index is 0.150. The normalized spacial score (nSPS) is 11.0. The van der Waals surface area contributed by atoms with Crippen molar-refractivity contribution in [1.29, 1.82) is 0 Å². The highest BCUT2D eigenvalue weighted by Crippen LogP contribution is 2.22. The van der Waals surface area contributed by atoms with E-state index in [0.717, 1.165) is 16.5 Å². The molecule has 0 aliphatic carbocycles. The van der Waals surface area contributed by atoms with Crippen molar-refractivity contribution in [3.05, 3.63) is 82.9 Å². The predicted octanol–water partition coefficient (Wildman–Crippen LogP) is 4.83. The van der Waals surface area contributed by atoms with Crippen LogP contribution in [-0.4, -0.2) is 15.4 Å². The fourth-order valence-electron chi connectivity index (χ4n) is 2.79. The lowest BCUT2D eigenvalue weighted by Crippen LogP contribution is -2.14. The van der Waals surface area contributed by atoms with E-state index in [4.69, 9.17) is 5.73 Å². The van der Waals surface area contributed by atoms with E-state index in [9.17, 15) is 9.59 Å². The van der Waals surface area contributed by atoms with E-state index in [-0.39, 0.29) is 5.78 Å². The fraction of sp³-hybridized carbons (Fsp3) is 0.100. The summed E-state index contributed by atoms with van der Waals surface area (Å²) in [6.07, 6.45) is 0.613. The van der Waals surface area contributed by atoms with E-state index in [1.165, 1.54) is 11.5 Å². The molecule has 5 heteroatoms. The zero-order valence-corrected chi connectivity index (χ0v) is 16.4. The molecule has 3 aromatic carbocycles. The van der Waals surface area contributed by atoms with Gasteiger partial charge < -0.3 is 5.73 Å². The van der Waals surface area contributed by atoms with Crippen molar-refractivity contribution >= 4 is 54.3 Å². The largest absolute Gasteiger partial charge is 0.366 e. The highest BCUT2D eigenvalue weighted by Gasteiger charge is 2.16. The number of fused-ring (bicyclic) bond motifs is 1. The van der Waals surface area contributed by atoms with Crippen LogP contribution in [0.2, 0.25) is 0 Å². The second-order valence-corrected chi connectivity index (χ2v) is 8.87. The average molecular weight is 461 g/mol. The summed E-state index contributed by atoms with van der Waals surface area (Å²) >= 11 is 6.42. The molecule has 0 atom stereocenters. The Balaban J connectivity index is 1.99. The highest BCUT2D eigenvalue weighted by atomic mass is 79.9. The number of benzene rings is 3. The first-order chi connectivity index (χ1) is 11.9. The average Bonchev–Trinajstić information content (AvgIpc) is 2.60. The first-order valence-electron chi connectivity index (χ1n) is 7.68. The van der Waals surface area contributed by atoms with Crippen LogP contribution >= 0.6 is 31.9 Å². The number of carbonyl (C=O) groups excluding carboxylic acids is 2. The molecule has 0 unspecified atom stereocenters. The molecule has 2 N–H and O–H groups in total. The number of alkyl halides is 2. The standard InChI is InChI=1S/C20H15Br2NO2/c21-19(22)18(24)16-9-13(10-17(11-16)20(23)25)7-12-5-6-14-3-1-2-4-15(14)8-12/h1-6,8-11,19H,7H2,(H2,23,25). The summed E-state index contributed by atoms with van der Waals surface area (Å²) in [5.41, 5.74) is 8.18. The monoisotopic (exact) mass is 459 g/mol. The number of halogens is 2. The number of amides is 1. The van der Waals surface area contributed by atoms with Gasteiger partial charge in [0.05, 0.1) is 0 Å². The first-order valence-corrected chi connectivity index (χ1v) is 9.51. The Hall–Kier alpha value is -1.98. The number of rotatable bonds is 5. The highest BCUT2D eigenvalue weighted by molar-refractivity contribution is 9.25. The van der Waals surface area contributed by atoms with Crippen molar-refractivity contribution in [2.75, 3.05) is 0 Å². The van der Waals surface area contributed by atoms with Gasteiger partial charge >= 0.3 is 0 Å². The summed E-state index contributed by atoms with van der Waals surface area (Å²) in [5.74, 6) is -0.696. The van der Waals surface area contributed by atoms with Gasteiger partial charge in [-0.3, -0.25) is 9.59 Å². The van der Waals surface area contributed by atoms with Crippen LogP contribution in [0, 0.1) is 0 Å². The third-order valence-corrected chi connectivity index (χ3v) is 4.81. The molecule has 3 nitrogen and oxygen atoms in total. The van der Waals surface area contributed by atoms with Gasteiger partial charge in [-0.15, -0.1) is 0 Å². The molecule has 0 heterocycles. The minimum atomic E-state index is -0.546. The maximum Gasteiger partial charge on any atom is 0.248 e. The number of Topliss-reactive ketones (excluding diaryl/α,β-unsaturated/α-hetero) is 1. The van der Waals surface area contributed by atoms with Crippen LogP contribution < -0.4 is 5.73 Å². The predicted molar refractivity (Wildman–Crippen MR) is 108 cm³/mol. The Labute approximate surface area is 162 Å². The molecule has 0 aromatic heterocycles. The number of ketones is 1. The maximum absolute atomic E-state index is 12.3. The molecule has 1 amide bonds. The third kappa shape index (κ3) is 4.17.